The van der Waals surface area contributed by atoms with E-state index in [0.29, 0.717) is 47.1 Å². The average Bonchev–Trinajstić information content (AvgIpc) is 3.43. The summed E-state index contributed by atoms with van der Waals surface area (Å²) in [7, 11) is -2.42. The summed E-state index contributed by atoms with van der Waals surface area (Å²) in [5.74, 6) is 0.0156. The molecule has 1 aliphatic heterocycles. The highest BCUT2D eigenvalue weighted by atomic mass is 35.5. The number of hydrogen-bond acceptors (Lipinski definition) is 5. The number of carbonyl (C=O) groups excluding carboxylic acids is 2. The standard InChI is InChI=1S/C32H30ClN3O5S/c1-41-28-13-8-25(9-14-28)32(38)36-20-18-24-7-12-27(21-30(24)36)34-31(37)22-35(19-17-23-5-3-2-4-6-23)42(39,40)29-15-10-26(33)11-16-29/h2-16,21H,17-20,22H2,1H3,(H,34,37). The molecule has 0 spiro atoms. The number of benzene rings is 4. The van der Waals surface area contributed by atoms with E-state index >= 15 is 0 Å². The van der Waals surface area contributed by atoms with Crippen LogP contribution in [0, 0.1) is 0 Å². The quantitative estimate of drug-likeness (QED) is 0.261. The molecule has 0 radical (unpaired) electrons. The molecule has 0 bridgehead atoms. The minimum atomic E-state index is -3.99. The second kappa shape index (κ2) is 12.8. The number of hydrogen-bond donors (Lipinski definition) is 1. The predicted molar refractivity (Wildman–Crippen MR) is 164 cm³/mol. The number of halogens is 1. The van der Waals surface area contributed by atoms with Crippen molar-refractivity contribution < 1.29 is 22.7 Å². The minimum Gasteiger partial charge on any atom is -0.497 e. The highest BCUT2D eigenvalue weighted by Crippen LogP contribution is 2.32. The summed E-state index contributed by atoms with van der Waals surface area (Å²) in [5, 5.41) is 3.24. The molecule has 2 amide bonds. The molecule has 0 aromatic heterocycles. The Morgan fingerprint density at radius 2 is 1.67 bits per heavy atom. The van der Waals surface area contributed by atoms with Gasteiger partial charge in [0.05, 0.1) is 18.6 Å². The van der Waals surface area contributed by atoms with Crippen molar-refractivity contribution in [3.8, 4) is 5.75 Å². The molecule has 5 rings (SSSR count). The second-order valence-corrected chi connectivity index (χ2v) is 12.2. The Hall–Kier alpha value is -4.18. The van der Waals surface area contributed by atoms with E-state index in [-0.39, 0.29) is 23.9 Å². The summed E-state index contributed by atoms with van der Waals surface area (Å²) in [6, 6.07) is 27.7. The maximum Gasteiger partial charge on any atom is 0.258 e. The SMILES string of the molecule is COc1ccc(C(=O)N2CCc3ccc(NC(=O)CN(CCc4ccccc4)S(=O)(=O)c4ccc(Cl)cc4)cc32)cc1. The van der Waals surface area contributed by atoms with Crippen LogP contribution in [0.1, 0.15) is 21.5 Å². The Labute approximate surface area is 250 Å². The van der Waals surface area contributed by atoms with Gasteiger partial charge in [0.2, 0.25) is 15.9 Å². The van der Waals surface area contributed by atoms with Gasteiger partial charge < -0.3 is 15.0 Å². The van der Waals surface area contributed by atoms with Crippen LogP contribution < -0.4 is 15.0 Å². The van der Waals surface area contributed by atoms with Crippen molar-refractivity contribution in [2.75, 3.05) is 37.0 Å². The lowest BCUT2D eigenvalue weighted by Gasteiger charge is -2.22. The van der Waals surface area contributed by atoms with E-state index in [1.54, 1.807) is 48.4 Å². The van der Waals surface area contributed by atoms with Gasteiger partial charge in [0, 0.05) is 35.1 Å². The van der Waals surface area contributed by atoms with Crippen LogP contribution in [0.15, 0.2) is 102 Å². The van der Waals surface area contributed by atoms with Crippen molar-refractivity contribution in [2.24, 2.45) is 0 Å². The van der Waals surface area contributed by atoms with Crippen molar-refractivity contribution in [3.05, 3.63) is 119 Å². The molecule has 0 unspecified atom stereocenters. The summed E-state index contributed by atoms with van der Waals surface area (Å²) in [6.07, 6.45) is 1.13. The first-order chi connectivity index (χ1) is 20.2. The van der Waals surface area contributed by atoms with Crippen LogP contribution in [0.3, 0.4) is 0 Å². The molecule has 10 heteroatoms. The highest BCUT2D eigenvalue weighted by molar-refractivity contribution is 7.89. The number of ether oxygens (including phenoxy) is 1. The zero-order chi connectivity index (χ0) is 29.7. The number of amides is 2. The molecule has 0 aliphatic carbocycles. The van der Waals surface area contributed by atoms with Gasteiger partial charge in [0.1, 0.15) is 5.75 Å². The monoisotopic (exact) mass is 603 g/mol. The smallest absolute Gasteiger partial charge is 0.258 e. The molecule has 216 valence electrons. The van der Waals surface area contributed by atoms with Gasteiger partial charge >= 0.3 is 0 Å². The lowest BCUT2D eigenvalue weighted by Crippen LogP contribution is -2.39. The minimum absolute atomic E-state index is 0.0537. The Kier molecular flexibility index (Phi) is 8.91. The molecule has 1 aliphatic rings. The van der Waals surface area contributed by atoms with Crippen LogP contribution >= 0.6 is 11.6 Å². The van der Waals surface area contributed by atoms with E-state index in [0.717, 1.165) is 11.1 Å². The van der Waals surface area contributed by atoms with Gasteiger partial charge in [-0.2, -0.15) is 4.31 Å². The number of nitrogens with one attached hydrogen (secondary N) is 1. The molecule has 8 nitrogen and oxygen atoms in total. The summed E-state index contributed by atoms with van der Waals surface area (Å²) in [4.78, 5) is 28.2. The first-order valence-corrected chi connectivity index (χ1v) is 15.2. The molecule has 4 aromatic rings. The molecule has 0 saturated carbocycles. The summed E-state index contributed by atoms with van der Waals surface area (Å²) in [6.45, 7) is 0.240. The normalized spacial score (nSPS) is 12.7. The molecule has 0 saturated heterocycles. The first-order valence-electron chi connectivity index (χ1n) is 13.4. The summed E-state index contributed by atoms with van der Waals surface area (Å²) < 4.78 is 33.5. The third kappa shape index (κ3) is 6.65. The van der Waals surface area contributed by atoms with Gasteiger partial charge in [0.25, 0.3) is 5.91 Å². The fourth-order valence-electron chi connectivity index (χ4n) is 4.86. The van der Waals surface area contributed by atoms with Crippen LogP contribution in [0.4, 0.5) is 11.4 Å². The average molecular weight is 604 g/mol. The van der Waals surface area contributed by atoms with Crippen molar-refractivity contribution in [1.82, 2.24) is 4.31 Å². The molecule has 0 fully saturated rings. The van der Waals surface area contributed by atoms with E-state index in [4.69, 9.17) is 16.3 Å². The van der Waals surface area contributed by atoms with Gasteiger partial charge in [-0.3, -0.25) is 9.59 Å². The number of carbonyl (C=O) groups is 2. The van der Waals surface area contributed by atoms with E-state index in [1.807, 2.05) is 36.4 Å². The van der Waals surface area contributed by atoms with E-state index in [1.165, 1.54) is 28.6 Å². The van der Waals surface area contributed by atoms with E-state index < -0.39 is 15.9 Å². The van der Waals surface area contributed by atoms with Crippen LogP contribution in [0.25, 0.3) is 0 Å². The Morgan fingerprint density at radius 3 is 2.36 bits per heavy atom. The van der Waals surface area contributed by atoms with Gasteiger partial charge in [-0.15, -0.1) is 0 Å². The van der Waals surface area contributed by atoms with Crippen molar-refractivity contribution in [1.29, 1.82) is 0 Å². The van der Waals surface area contributed by atoms with Gasteiger partial charge in [-0.1, -0.05) is 48.0 Å². The maximum atomic E-state index is 13.6. The zero-order valence-electron chi connectivity index (χ0n) is 23.0. The topological polar surface area (TPSA) is 96.0 Å². The van der Waals surface area contributed by atoms with Crippen LogP contribution in [0.2, 0.25) is 5.02 Å². The molecule has 1 heterocycles. The number of anilines is 2. The lowest BCUT2D eigenvalue weighted by atomic mass is 10.1. The van der Waals surface area contributed by atoms with Gasteiger partial charge in [-0.05, 0) is 84.6 Å². The third-order valence-electron chi connectivity index (χ3n) is 7.11. The third-order valence-corrected chi connectivity index (χ3v) is 9.22. The molecule has 0 atom stereocenters. The highest BCUT2D eigenvalue weighted by Gasteiger charge is 2.28. The number of rotatable bonds is 10. The molecule has 1 N–H and O–H groups in total. The van der Waals surface area contributed by atoms with Crippen molar-refractivity contribution in [3.63, 3.8) is 0 Å². The predicted octanol–water partition coefficient (Wildman–Crippen LogP) is 5.42. The Balaban J connectivity index is 1.33. The second-order valence-electron chi connectivity index (χ2n) is 9.86. The number of methoxy groups -OCH3 is 1. The van der Waals surface area contributed by atoms with Gasteiger partial charge in [-0.25, -0.2) is 8.42 Å². The maximum absolute atomic E-state index is 13.6. The summed E-state index contributed by atoms with van der Waals surface area (Å²) in [5.41, 5.74) is 3.65. The first kappa shape index (κ1) is 29.3. The number of sulfonamides is 1. The number of nitrogens with zero attached hydrogens (tertiary/aromatic N) is 2. The fourth-order valence-corrected chi connectivity index (χ4v) is 6.38. The van der Waals surface area contributed by atoms with Crippen molar-refractivity contribution >= 4 is 44.8 Å². The zero-order valence-corrected chi connectivity index (χ0v) is 24.6. The van der Waals surface area contributed by atoms with Crippen LogP contribution in [0.5, 0.6) is 5.75 Å². The van der Waals surface area contributed by atoms with E-state index in [9.17, 15) is 18.0 Å². The van der Waals surface area contributed by atoms with E-state index in [2.05, 4.69) is 5.32 Å². The lowest BCUT2D eigenvalue weighted by molar-refractivity contribution is -0.116. The Morgan fingerprint density at radius 1 is 0.952 bits per heavy atom. The largest absolute Gasteiger partial charge is 0.497 e. The van der Waals surface area contributed by atoms with Crippen LogP contribution in [-0.4, -0.2) is 51.3 Å². The van der Waals surface area contributed by atoms with Gasteiger partial charge in [0.15, 0.2) is 0 Å². The molecular weight excluding hydrogens is 574 g/mol. The fraction of sp³-hybridized carbons (Fsp3) is 0.188. The molecular formula is C32H30ClN3O5S. The van der Waals surface area contributed by atoms with Crippen molar-refractivity contribution in [2.45, 2.75) is 17.7 Å². The Bertz CT molecular complexity index is 1680. The number of fused-ring (bicyclic) bond motifs is 1. The molecule has 4 aromatic carbocycles. The summed E-state index contributed by atoms with van der Waals surface area (Å²) >= 11 is 5.97. The van der Waals surface area contributed by atoms with Crippen LogP contribution in [-0.2, 0) is 27.7 Å². The molecule has 42 heavy (non-hydrogen) atoms.